The molecule has 0 bridgehead atoms. The summed E-state index contributed by atoms with van der Waals surface area (Å²) < 4.78 is 0.400. The maximum Gasteiger partial charge on any atom is 0.228 e. The van der Waals surface area contributed by atoms with Crippen molar-refractivity contribution in [2.45, 2.75) is 0 Å². The standard InChI is InChI=1S/C7H4BrNO2/c8-7-5(6(11)4-10)2-1-3-9-7/h1-4H. The van der Waals surface area contributed by atoms with Crippen molar-refractivity contribution in [3.05, 3.63) is 28.5 Å². The lowest BCUT2D eigenvalue weighted by atomic mass is 10.2. The lowest BCUT2D eigenvalue weighted by Crippen LogP contribution is -2.01. The van der Waals surface area contributed by atoms with Crippen LogP contribution in [0.3, 0.4) is 0 Å². The number of hydrogen-bond acceptors (Lipinski definition) is 3. The summed E-state index contributed by atoms with van der Waals surface area (Å²) in [5.41, 5.74) is 0.294. The molecule has 4 heteroatoms. The van der Waals surface area contributed by atoms with Gasteiger partial charge in [0.05, 0.1) is 5.56 Å². The van der Waals surface area contributed by atoms with E-state index in [1.54, 1.807) is 6.07 Å². The smallest absolute Gasteiger partial charge is 0.228 e. The summed E-state index contributed by atoms with van der Waals surface area (Å²) in [4.78, 5) is 24.6. The van der Waals surface area contributed by atoms with Crippen LogP contribution in [0, 0.1) is 0 Å². The Bertz CT molecular complexity index is 298. The predicted molar refractivity (Wildman–Crippen MR) is 42.3 cm³/mol. The number of hydrogen-bond donors (Lipinski definition) is 0. The minimum Gasteiger partial charge on any atom is -0.294 e. The summed E-state index contributed by atoms with van der Waals surface area (Å²) >= 11 is 3.05. The Morgan fingerprint density at radius 2 is 2.36 bits per heavy atom. The molecule has 0 aromatic carbocycles. The lowest BCUT2D eigenvalue weighted by Gasteiger charge is -1.94. The van der Waals surface area contributed by atoms with Crippen molar-refractivity contribution >= 4 is 28.0 Å². The van der Waals surface area contributed by atoms with Gasteiger partial charge in [-0.15, -0.1) is 0 Å². The van der Waals surface area contributed by atoms with Crippen molar-refractivity contribution in [2.24, 2.45) is 0 Å². The molecule has 0 atom stereocenters. The van der Waals surface area contributed by atoms with Gasteiger partial charge in [-0.25, -0.2) is 4.98 Å². The van der Waals surface area contributed by atoms with Crippen molar-refractivity contribution < 1.29 is 9.59 Å². The van der Waals surface area contributed by atoms with Crippen LogP contribution in [0.4, 0.5) is 0 Å². The number of pyridine rings is 1. The highest BCUT2D eigenvalue weighted by molar-refractivity contribution is 9.10. The number of halogens is 1. The molecule has 11 heavy (non-hydrogen) atoms. The molecule has 56 valence electrons. The lowest BCUT2D eigenvalue weighted by molar-refractivity contribution is -0.104. The van der Waals surface area contributed by atoms with Gasteiger partial charge >= 0.3 is 0 Å². The van der Waals surface area contributed by atoms with Crippen LogP contribution >= 0.6 is 15.9 Å². The van der Waals surface area contributed by atoms with Gasteiger partial charge in [0.1, 0.15) is 4.60 Å². The average molecular weight is 214 g/mol. The average Bonchev–Trinajstić information content (AvgIpc) is 2.04. The van der Waals surface area contributed by atoms with Crippen LogP contribution in [0.2, 0.25) is 0 Å². The van der Waals surface area contributed by atoms with Gasteiger partial charge in [-0.1, -0.05) is 0 Å². The van der Waals surface area contributed by atoms with Crippen molar-refractivity contribution in [3.8, 4) is 0 Å². The molecule has 0 aliphatic heterocycles. The first kappa shape index (κ1) is 8.07. The molecule has 0 aliphatic carbocycles. The predicted octanol–water partition coefficient (Wildman–Crippen LogP) is 1.23. The van der Waals surface area contributed by atoms with E-state index < -0.39 is 5.78 Å². The fraction of sp³-hybridized carbons (Fsp3) is 0. The van der Waals surface area contributed by atoms with Gasteiger partial charge < -0.3 is 0 Å². The first-order valence-corrected chi connectivity index (χ1v) is 3.65. The molecule has 0 amide bonds. The van der Waals surface area contributed by atoms with Crippen molar-refractivity contribution in [1.29, 1.82) is 0 Å². The summed E-state index contributed by atoms with van der Waals surface area (Å²) in [5, 5.41) is 0. The minimum atomic E-state index is -0.565. The largest absolute Gasteiger partial charge is 0.294 e. The molecule has 0 saturated carbocycles. The number of nitrogens with zero attached hydrogens (tertiary/aromatic N) is 1. The number of ketones is 1. The molecule has 0 saturated heterocycles. The quantitative estimate of drug-likeness (QED) is 0.322. The SMILES string of the molecule is O=CC(=O)c1cccnc1Br. The highest BCUT2D eigenvalue weighted by atomic mass is 79.9. The third kappa shape index (κ3) is 1.71. The highest BCUT2D eigenvalue weighted by Crippen LogP contribution is 2.11. The van der Waals surface area contributed by atoms with Crippen molar-refractivity contribution in [2.75, 3.05) is 0 Å². The summed E-state index contributed by atoms with van der Waals surface area (Å²) in [6.07, 6.45) is 1.80. The number of aromatic nitrogens is 1. The fourth-order valence-corrected chi connectivity index (χ4v) is 1.08. The van der Waals surface area contributed by atoms with E-state index in [-0.39, 0.29) is 6.29 Å². The van der Waals surface area contributed by atoms with E-state index in [1.807, 2.05) is 0 Å². The molecule has 0 fully saturated rings. The van der Waals surface area contributed by atoms with E-state index in [4.69, 9.17) is 0 Å². The maximum atomic E-state index is 10.8. The zero-order valence-corrected chi connectivity index (χ0v) is 7.04. The maximum absolute atomic E-state index is 10.8. The minimum absolute atomic E-state index is 0.266. The van der Waals surface area contributed by atoms with Gasteiger partial charge in [0.2, 0.25) is 5.78 Å². The molecule has 1 heterocycles. The third-order valence-electron chi connectivity index (χ3n) is 1.13. The van der Waals surface area contributed by atoms with Crippen LogP contribution in [0.1, 0.15) is 10.4 Å². The summed E-state index contributed by atoms with van der Waals surface area (Å²) in [6, 6.07) is 3.13. The van der Waals surface area contributed by atoms with Gasteiger partial charge in [-0.05, 0) is 28.1 Å². The van der Waals surface area contributed by atoms with Crippen LogP contribution in [-0.4, -0.2) is 17.1 Å². The van der Waals surface area contributed by atoms with Crippen LogP contribution < -0.4 is 0 Å². The summed E-state index contributed by atoms with van der Waals surface area (Å²) in [7, 11) is 0. The molecule has 0 N–H and O–H groups in total. The normalized spacial score (nSPS) is 9.18. The summed E-state index contributed by atoms with van der Waals surface area (Å²) in [6.45, 7) is 0. The highest BCUT2D eigenvalue weighted by Gasteiger charge is 2.07. The van der Waals surface area contributed by atoms with Crippen LogP contribution in [0.15, 0.2) is 22.9 Å². The second kappa shape index (κ2) is 3.39. The first-order chi connectivity index (χ1) is 5.25. The Hall–Kier alpha value is -1.03. The molecule has 0 radical (unpaired) electrons. The first-order valence-electron chi connectivity index (χ1n) is 2.85. The molecule has 1 aromatic heterocycles. The molecule has 0 spiro atoms. The molecule has 0 unspecified atom stereocenters. The number of aldehydes is 1. The van der Waals surface area contributed by atoms with Gasteiger partial charge in [0.25, 0.3) is 0 Å². The number of rotatable bonds is 2. The zero-order valence-electron chi connectivity index (χ0n) is 5.45. The van der Waals surface area contributed by atoms with E-state index in [0.717, 1.165) is 0 Å². The van der Waals surface area contributed by atoms with Crippen molar-refractivity contribution in [1.82, 2.24) is 4.98 Å². The van der Waals surface area contributed by atoms with Gasteiger partial charge in [0.15, 0.2) is 6.29 Å². The van der Waals surface area contributed by atoms with E-state index >= 15 is 0 Å². The second-order valence-electron chi connectivity index (χ2n) is 1.82. The molecule has 3 nitrogen and oxygen atoms in total. The third-order valence-corrected chi connectivity index (χ3v) is 1.76. The van der Waals surface area contributed by atoms with Crippen LogP contribution in [-0.2, 0) is 4.79 Å². The Morgan fingerprint density at radius 1 is 1.64 bits per heavy atom. The van der Waals surface area contributed by atoms with Crippen LogP contribution in [0.5, 0.6) is 0 Å². The van der Waals surface area contributed by atoms with E-state index in [1.165, 1.54) is 12.3 Å². The van der Waals surface area contributed by atoms with E-state index in [0.29, 0.717) is 10.2 Å². The van der Waals surface area contributed by atoms with Crippen LogP contribution in [0.25, 0.3) is 0 Å². The Balaban J connectivity index is 3.13. The van der Waals surface area contributed by atoms with E-state index in [2.05, 4.69) is 20.9 Å². The summed E-state index contributed by atoms with van der Waals surface area (Å²) in [5.74, 6) is -0.565. The fourth-order valence-electron chi connectivity index (χ4n) is 0.633. The Morgan fingerprint density at radius 3 is 2.91 bits per heavy atom. The van der Waals surface area contributed by atoms with Gasteiger partial charge in [-0.3, -0.25) is 9.59 Å². The molecule has 1 aromatic rings. The monoisotopic (exact) mass is 213 g/mol. The molecule has 0 aliphatic rings. The zero-order chi connectivity index (χ0) is 8.27. The number of Topliss-reactive ketones (excluding diaryl/α,β-unsaturated/α-hetero) is 1. The number of carbonyl (C=O) groups excluding carboxylic acids is 2. The van der Waals surface area contributed by atoms with Gasteiger partial charge in [-0.2, -0.15) is 0 Å². The number of carbonyl (C=O) groups is 2. The van der Waals surface area contributed by atoms with Crippen molar-refractivity contribution in [3.63, 3.8) is 0 Å². The Kier molecular flexibility index (Phi) is 2.48. The second-order valence-corrected chi connectivity index (χ2v) is 2.58. The Labute approximate surface area is 71.6 Å². The topological polar surface area (TPSA) is 47.0 Å². The van der Waals surface area contributed by atoms with Gasteiger partial charge in [0, 0.05) is 6.20 Å². The van der Waals surface area contributed by atoms with E-state index in [9.17, 15) is 9.59 Å². The molecule has 1 rings (SSSR count). The molecular formula is C7H4BrNO2. The molecular weight excluding hydrogens is 210 g/mol.